The van der Waals surface area contributed by atoms with E-state index in [0.29, 0.717) is 12.1 Å². The lowest BCUT2D eigenvalue weighted by Gasteiger charge is -2.19. The van der Waals surface area contributed by atoms with Crippen LogP contribution in [0.5, 0.6) is 0 Å². The van der Waals surface area contributed by atoms with E-state index in [4.69, 9.17) is 0 Å². The number of amides is 1. The number of nitrogens with zero attached hydrogens (tertiary/aromatic N) is 2. The maximum absolute atomic E-state index is 12.1. The van der Waals surface area contributed by atoms with Crippen LogP contribution in [0.1, 0.15) is 17.3 Å². The molecule has 0 saturated carbocycles. The second-order valence-corrected chi connectivity index (χ2v) is 3.30. The molecule has 2 aromatic rings. The lowest BCUT2D eigenvalue weighted by Crippen LogP contribution is -2.30. The zero-order chi connectivity index (χ0) is 11.4. The standard InChI is InChI=1S/C12H12N2O2/c1-2-14(11-6-4-3-5-7-11)12(15)10-8-13-16-9-10/h3-9H,2H2,1H3. The summed E-state index contributed by atoms with van der Waals surface area (Å²) in [5, 5.41) is 3.53. The first-order valence-corrected chi connectivity index (χ1v) is 5.09. The number of rotatable bonds is 3. The molecule has 0 bridgehead atoms. The zero-order valence-corrected chi connectivity index (χ0v) is 8.96. The summed E-state index contributed by atoms with van der Waals surface area (Å²) in [5.41, 5.74) is 1.34. The largest absolute Gasteiger partial charge is 0.364 e. The molecule has 0 saturated heterocycles. The number of carbonyl (C=O) groups excluding carboxylic acids is 1. The van der Waals surface area contributed by atoms with Gasteiger partial charge < -0.3 is 9.42 Å². The van der Waals surface area contributed by atoms with Crippen molar-refractivity contribution in [1.82, 2.24) is 5.16 Å². The number of aromatic nitrogens is 1. The Bertz CT molecular complexity index is 451. The molecule has 2 rings (SSSR count). The highest BCUT2D eigenvalue weighted by Crippen LogP contribution is 2.15. The minimum Gasteiger partial charge on any atom is -0.364 e. The van der Waals surface area contributed by atoms with Crippen LogP contribution in [-0.4, -0.2) is 17.6 Å². The van der Waals surface area contributed by atoms with Gasteiger partial charge in [-0.2, -0.15) is 0 Å². The van der Waals surface area contributed by atoms with Crippen molar-refractivity contribution in [2.75, 3.05) is 11.4 Å². The zero-order valence-electron chi connectivity index (χ0n) is 8.96. The van der Waals surface area contributed by atoms with Gasteiger partial charge in [0.15, 0.2) is 0 Å². The molecule has 1 amide bonds. The Hall–Kier alpha value is -2.10. The van der Waals surface area contributed by atoms with Crippen molar-refractivity contribution in [3.05, 3.63) is 48.4 Å². The fourth-order valence-electron chi connectivity index (χ4n) is 1.52. The molecule has 0 atom stereocenters. The van der Waals surface area contributed by atoms with Crippen LogP contribution in [0.4, 0.5) is 5.69 Å². The van der Waals surface area contributed by atoms with E-state index in [1.165, 1.54) is 12.5 Å². The van der Waals surface area contributed by atoms with Crippen molar-refractivity contribution in [1.29, 1.82) is 0 Å². The van der Waals surface area contributed by atoms with Gasteiger partial charge in [-0.05, 0) is 19.1 Å². The monoisotopic (exact) mass is 216 g/mol. The highest BCUT2D eigenvalue weighted by molar-refractivity contribution is 6.05. The fraction of sp³-hybridized carbons (Fsp3) is 0.167. The van der Waals surface area contributed by atoms with Crippen LogP contribution in [0.25, 0.3) is 0 Å². The number of hydrogen-bond donors (Lipinski definition) is 0. The second kappa shape index (κ2) is 4.61. The second-order valence-electron chi connectivity index (χ2n) is 3.30. The first kappa shape index (κ1) is 10.4. The molecule has 1 aromatic heterocycles. The summed E-state index contributed by atoms with van der Waals surface area (Å²) in [6, 6.07) is 9.52. The van der Waals surface area contributed by atoms with Gasteiger partial charge in [-0.3, -0.25) is 4.79 Å². The van der Waals surface area contributed by atoms with E-state index in [2.05, 4.69) is 9.68 Å². The van der Waals surface area contributed by atoms with Gasteiger partial charge in [0.25, 0.3) is 5.91 Å². The van der Waals surface area contributed by atoms with Gasteiger partial charge in [-0.25, -0.2) is 0 Å². The van der Waals surface area contributed by atoms with E-state index in [-0.39, 0.29) is 5.91 Å². The summed E-state index contributed by atoms with van der Waals surface area (Å²) in [6.45, 7) is 2.53. The molecule has 0 spiro atoms. The van der Waals surface area contributed by atoms with E-state index >= 15 is 0 Å². The third-order valence-electron chi connectivity index (χ3n) is 2.31. The molecule has 16 heavy (non-hydrogen) atoms. The molecule has 0 aliphatic heterocycles. The Balaban J connectivity index is 2.27. The SMILES string of the molecule is CCN(C(=O)c1cnoc1)c1ccccc1. The van der Waals surface area contributed by atoms with Crippen LogP contribution in [-0.2, 0) is 0 Å². The summed E-state index contributed by atoms with van der Waals surface area (Å²) >= 11 is 0. The predicted molar refractivity (Wildman–Crippen MR) is 60.3 cm³/mol. The van der Waals surface area contributed by atoms with Crippen LogP contribution in [0, 0.1) is 0 Å². The molecule has 4 nitrogen and oxygen atoms in total. The highest BCUT2D eigenvalue weighted by atomic mass is 16.5. The number of para-hydroxylation sites is 1. The highest BCUT2D eigenvalue weighted by Gasteiger charge is 2.17. The molecule has 0 fully saturated rings. The number of benzene rings is 1. The van der Waals surface area contributed by atoms with E-state index in [1.54, 1.807) is 4.90 Å². The summed E-state index contributed by atoms with van der Waals surface area (Å²) < 4.78 is 4.67. The van der Waals surface area contributed by atoms with Gasteiger partial charge in [-0.1, -0.05) is 23.4 Å². The molecule has 0 unspecified atom stereocenters. The van der Waals surface area contributed by atoms with Crippen molar-refractivity contribution in [2.45, 2.75) is 6.92 Å². The molecule has 82 valence electrons. The molecular formula is C12H12N2O2. The number of carbonyl (C=O) groups is 1. The third kappa shape index (κ3) is 1.95. The average molecular weight is 216 g/mol. The van der Waals surface area contributed by atoms with Crippen molar-refractivity contribution in [3.63, 3.8) is 0 Å². The van der Waals surface area contributed by atoms with E-state index in [1.807, 2.05) is 37.3 Å². The summed E-state index contributed by atoms with van der Waals surface area (Å²) in [6.07, 6.45) is 2.78. The summed E-state index contributed by atoms with van der Waals surface area (Å²) in [7, 11) is 0. The molecule has 0 radical (unpaired) electrons. The number of hydrogen-bond acceptors (Lipinski definition) is 3. The van der Waals surface area contributed by atoms with Gasteiger partial charge in [0.2, 0.25) is 0 Å². The first-order valence-electron chi connectivity index (χ1n) is 5.09. The van der Waals surface area contributed by atoms with E-state index < -0.39 is 0 Å². The predicted octanol–water partition coefficient (Wildman–Crippen LogP) is 2.34. The smallest absolute Gasteiger partial charge is 0.263 e. The van der Waals surface area contributed by atoms with Gasteiger partial charge >= 0.3 is 0 Å². The van der Waals surface area contributed by atoms with Crippen molar-refractivity contribution < 1.29 is 9.32 Å². The van der Waals surface area contributed by atoms with E-state index in [0.717, 1.165) is 5.69 Å². The maximum atomic E-state index is 12.1. The lowest BCUT2D eigenvalue weighted by atomic mass is 10.2. The molecule has 1 heterocycles. The number of anilines is 1. The Labute approximate surface area is 93.5 Å². The van der Waals surface area contributed by atoms with Gasteiger partial charge in [0.05, 0.1) is 11.8 Å². The summed E-state index contributed by atoms with van der Waals surface area (Å²) in [5.74, 6) is -0.102. The van der Waals surface area contributed by atoms with Gasteiger partial charge in [0, 0.05) is 12.2 Å². The lowest BCUT2D eigenvalue weighted by molar-refractivity contribution is 0.0987. The minimum absolute atomic E-state index is 0.102. The molecule has 0 N–H and O–H groups in total. The fourth-order valence-corrected chi connectivity index (χ4v) is 1.52. The Morgan fingerprint density at radius 3 is 2.69 bits per heavy atom. The normalized spacial score (nSPS) is 10.1. The van der Waals surface area contributed by atoms with Crippen molar-refractivity contribution in [2.24, 2.45) is 0 Å². The van der Waals surface area contributed by atoms with E-state index in [9.17, 15) is 4.79 Å². The first-order chi connectivity index (χ1) is 7.83. The summed E-state index contributed by atoms with van der Waals surface area (Å²) in [4.78, 5) is 13.7. The van der Waals surface area contributed by atoms with Gasteiger partial charge in [-0.15, -0.1) is 0 Å². The van der Waals surface area contributed by atoms with Crippen molar-refractivity contribution in [3.8, 4) is 0 Å². The Kier molecular flexibility index (Phi) is 3.00. The third-order valence-corrected chi connectivity index (χ3v) is 2.31. The van der Waals surface area contributed by atoms with Crippen LogP contribution in [0.2, 0.25) is 0 Å². The van der Waals surface area contributed by atoms with Crippen LogP contribution in [0.15, 0.2) is 47.3 Å². The Morgan fingerprint density at radius 1 is 1.38 bits per heavy atom. The average Bonchev–Trinajstić information content (AvgIpc) is 2.85. The molecule has 1 aromatic carbocycles. The van der Waals surface area contributed by atoms with Crippen LogP contribution < -0.4 is 4.90 Å². The molecular weight excluding hydrogens is 204 g/mol. The maximum Gasteiger partial charge on any atom is 0.263 e. The van der Waals surface area contributed by atoms with Crippen LogP contribution in [0.3, 0.4) is 0 Å². The topological polar surface area (TPSA) is 46.3 Å². The molecule has 4 heteroatoms. The van der Waals surface area contributed by atoms with Crippen molar-refractivity contribution >= 4 is 11.6 Å². The van der Waals surface area contributed by atoms with Crippen LogP contribution >= 0.6 is 0 Å². The van der Waals surface area contributed by atoms with Gasteiger partial charge in [0.1, 0.15) is 6.26 Å². The molecule has 0 aliphatic rings. The minimum atomic E-state index is -0.102. The molecule has 0 aliphatic carbocycles. The Morgan fingerprint density at radius 2 is 2.12 bits per heavy atom. The quantitative estimate of drug-likeness (QED) is 0.791.